The number of aryl methyl sites for hydroxylation is 1. The van der Waals surface area contributed by atoms with Gasteiger partial charge in [-0.15, -0.1) is 0 Å². The summed E-state index contributed by atoms with van der Waals surface area (Å²) < 4.78 is 5.58. The monoisotopic (exact) mass is 470 g/mol. The predicted molar refractivity (Wildman–Crippen MR) is 160 cm³/mol. The van der Waals surface area contributed by atoms with Crippen molar-refractivity contribution in [3.8, 4) is 5.75 Å². The first-order valence-electron chi connectivity index (χ1n) is 12.9. The maximum atomic E-state index is 5.58. The van der Waals surface area contributed by atoms with Gasteiger partial charge in [0.15, 0.2) is 0 Å². The van der Waals surface area contributed by atoms with E-state index < -0.39 is 0 Å². The molecule has 0 atom stereocenters. The van der Waals surface area contributed by atoms with E-state index in [-0.39, 0.29) is 0 Å². The van der Waals surface area contributed by atoms with E-state index in [9.17, 15) is 0 Å². The number of hydrogen-bond acceptors (Lipinski definition) is 1. The van der Waals surface area contributed by atoms with Crippen LogP contribution in [0.2, 0.25) is 0 Å². The number of hydrogen-bond donors (Lipinski definition) is 0. The fourth-order valence-corrected chi connectivity index (χ4v) is 7.01. The molecular weight excluding hydrogens is 448 g/mol. The zero-order chi connectivity index (χ0) is 24.4. The summed E-state index contributed by atoms with van der Waals surface area (Å²) in [6, 6.07) is 36.5. The molecule has 9 rings (SSSR count). The molecule has 0 aromatic heterocycles. The number of fused-ring (bicyclic) bond motifs is 10. The van der Waals surface area contributed by atoms with E-state index in [1.165, 1.54) is 91.7 Å². The summed E-state index contributed by atoms with van der Waals surface area (Å²) in [4.78, 5) is 0. The molecule has 0 aliphatic rings. The van der Waals surface area contributed by atoms with E-state index in [4.69, 9.17) is 4.74 Å². The first-order chi connectivity index (χ1) is 18.2. The SMILES string of the molecule is COc1ccc2c(c1)c1cccc3c4cc5c6cc7ccc(C)cc7cc6c6cccc(c4cc2c13)c65. The molecule has 0 saturated heterocycles. The van der Waals surface area contributed by atoms with Crippen molar-refractivity contribution in [2.24, 2.45) is 0 Å². The molecule has 1 nitrogen and oxygen atoms in total. The van der Waals surface area contributed by atoms with Crippen molar-refractivity contribution in [2.45, 2.75) is 6.92 Å². The average Bonchev–Trinajstić information content (AvgIpc) is 3.42. The van der Waals surface area contributed by atoms with E-state index in [1.54, 1.807) is 7.11 Å². The van der Waals surface area contributed by atoms with Crippen molar-refractivity contribution in [3.63, 3.8) is 0 Å². The lowest BCUT2D eigenvalue weighted by molar-refractivity contribution is 0.415. The third-order valence-electron chi connectivity index (χ3n) is 8.64. The van der Waals surface area contributed by atoms with Crippen LogP contribution in [-0.2, 0) is 0 Å². The van der Waals surface area contributed by atoms with Gasteiger partial charge in [0.25, 0.3) is 0 Å². The Morgan fingerprint density at radius 2 is 0.946 bits per heavy atom. The van der Waals surface area contributed by atoms with Crippen LogP contribution in [0.1, 0.15) is 5.56 Å². The lowest BCUT2D eigenvalue weighted by Gasteiger charge is -2.10. The second-order valence-corrected chi connectivity index (χ2v) is 10.6. The summed E-state index contributed by atoms with van der Waals surface area (Å²) in [5, 5.41) is 21.3. The maximum Gasteiger partial charge on any atom is 0.119 e. The summed E-state index contributed by atoms with van der Waals surface area (Å²) in [7, 11) is 1.74. The minimum atomic E-state index is 0.902. The van der Waals surface area contributed by atoms with Gasteiger partial charge in [0, 0.05) is 0 Å². The number of benzene rings is 7. The maximum absolute atomic E-state index is 5.58. The third kappa shape index (κ3) is 2.35. The normalized spacial score (nSPS) is 12.6. The van der Waals surface area contributed by atoms with Crippen LogP contribution < -0.4 is 4.74 Å². The first-order valence-corrected chi connectivity index (χ1v) is 12.9. The van der Waals surface area contributed by atoms with Crippen LogP contribution in [0.5, 0.6) is 5.75 Å². The van der Waals surface area contributed by atoms with Gasteiger partial charge in [-0.1, -0.05) is 66.2 Å². The standard InChI is InChI=1S/C36H22O/c1-19-9-10-20-14-29-28(15-21(20)13-19)24-5-3-8-27-31-17-33-23-12-11-22(37-2)16-30(23)25-6-4-7-26(35(25)33)32(31)18-34(29)36(24)27/h3-18H,1-2H3. The molecule has 9 aromatic rings. The van der Waals surface area contributed by atoms with Crippen LogP contribution in [0.3, 0.4) is 0 Å². The topological polar surface area (TPSA) is 9.23 Å². The highest BCUT2D eigenvalue weighted by atomic mass is 16.5. The smallest absolute Gasteiger partial charge is 0.119 e. The van der Waals surface area contributed by atoms with E-state index in [2.05, 4.69) is 104 Å². The molecule has 172 valence electrons. The quantitative estimate of drug-likeness (QED) is 0.217. The van der Waals surface area contributed by atoms with E-state index >= 15 is 0 Å². The highest BCUT2D eigenvalue weighted by Crippen LogP contribution is 2.48. The van der Waals surface area contributed by atoms with Gasteiger partial charge in [0.05, 0.1) is 7.11 Å². The molecule has 0 bridgehead atoms. The van der Waals surface area contributed by atoms with Gasteiger partial charge >= 0.3 is 0 Å². The summed E-state index contributed by atoms with van der Waals surface area (Å²) >= 11 is 0. The molecule has 0 aliphatic heterocycles. The molecule has 0 heterocycles. The second-order valence-electron chi connectivity index (χ2n) is 10.6. The number of ether oxygens (including phenoxy) is 1. The van der Waals surface area contributed by atoms with Gasteiger partial charge in [-0.05, 0) is 130 Å². The van der Waals surface area contributed by atoms with Crippen LogP contribution in [0, 0.1) is 6.92 Å². The van der Waals surface area contributed by atoms with Crippen molar-refractivity contribution in [3.05, 3.63) is 103 Å². The fraction of sp³-hybridized carbons (Fsp3) is 0.0556. The van der Waals surface area contributed by atoms with Crippen LogP contribution in [0.4, 0.5) is 0 Å². The molecule has 37 heavy (non-hydrogen) atoms. The summed E-state index contributed by atoms with van der Waals surface area (Å²) in [5.74, 6) is 0.902. The van der Waals surface area contributed by atoms with Gasteiger partial charge in [0.1, 0.15) is 5.75 Å². The fourth-order valence-electron chi connectivity index (χ4n) is 7.01. The molecule has 0 aliphatic carbocycles. The van der Waals surface area contributed by atoms with Gasteiger partial charge in [-0.25, -0.2) is 0 Å². The molecule has 0 spiro atoms. The molecule has 0 fully saturated rings. The lowest BCUT2D eigenvalue weighted by atomic mass is 9.93. The molecule has 0 unspecified atom stereocenters. The molecular formula is C36H22O. The molecule has 9 aromatic carbocycles. The molecule has 0 N–H and O–H groups in total. The largest absolute Gasteiger partial charge is 0.497 e. The van der Waals surface area contributed by atoms with Crippen molar-refractivity contribution in [1.82, 2.24) is 0 Å². The third-order valence-corrected chi connectivity index (χ3v) is 8.64. The number of rotatable bonds is 1. The zero-order valence-corrected chi connectivity index (χ0v) is 20.6. The van der Waals surface area contributed by atoms with Crippen molar-refractivity contribution in [2.75, 3.05) is 7.11 Å². The van der Waals surface area contributed by atoms with Crippen molar-refractivity contribution < 1.29 is 4.74 Å². The van der Waals surface area contributed by atoms with E-state index in [0.717, 1.165) is 5.75 Å². The summed E-state index contributed by atoms with van der Waals surface area (Å²) in [6.07, 6.45) is 0. The Morgan fingerprint density at radius 1 is 0.405 bits per heavy atom. The van der Waals surface area contributed by atoms with E-state index in [1.807, 2.05) is 0 Å². The Bertz CT molecular complexity index is 2390. The zero-order valence-electron chi connectivity index (χ0n) is 20.6. The van der Waals surface area contributed by atoms with Crippen LogP contribution in [-0.4, -0.2) is 7.11 Å². The Kier molecular flexibility index (Phi) is 3.47. The Labute approximate surface area is 213 Å². The Hall–Kier alpha value is -4.62. The minimum absolute atomic E-state index is 0.902. The van der Waals surface area contributed by atoms with E-state index in [0.29, 0.717) is 0 Å². The lowest BCUT2D eigenvalue weighted by Crippen LogP contribution is -1.82. The Morgan fingerprint density at radius 3 is 1.59 bits per heavy atom. The molecule has 1 heteroatoms. The molecule has 0 saturated carbocycles. The van der Waals surface area contributed by atoms with Crippen molar-refractivity contribution >= 4 is 86.2 Å². The van der Waals surface area contributed by atoms with Crippen molar-refractivity contribution in [1.29, 1.82) is 0 Å². The second kappa shape index (κ2) is 6.57. The molecule has 0 amide bonds. The van der Waals surface area contributed by atoms with Gasteiger partial charge in [0.2, 0.25) is 0 Å². The number of methoxy groups -OCH3 is 1. The first kappa shape index (κ1) is 19.6. The predicted octanol–water partition coefficient (Wildman–Crippen LogP) is 10.1. The highest BCUT2D eigenvalue weighted by Gasteiger charge is 2.19. The van der Waals surface area contributed by atoms with Gasteiger partial charge in [-0.2, -0.15) is 0 Å². The van der Waals surface area contributed by atoms with Crippen LogP contribution in [0.25, 0.3) is 86.2 Å². The molecule has 0 radical (unpaired) electrons. The summed E-state index contributed by atoms with van der Waals surface area (Å²) in [5.41, 5.74) is 1.30. The van der Waals surface area contributed by atoms with Crippen LogP contribution >= 0.6 is 0 Å². The van der Waals surface area contributed by atoms with Crippen LogP contribution in [0.15, 0.2) is 97.1 Å². The Balaban J connectivity index is 1.54. The van der Waals surface area contributed by atoms with Gasteiger partial charge in [-0.3, -0.25) is 0 Å². The average molecular weight is 471 g/mol. The summed E-state index contributed by atoms with van der Waals surface area (Å²) in [6.45, 7) is 2.17. The highest BCUT2D eigenvalue weighted by molar-refractivity contribution is 6.41. The minimum Gasteiger partial charge on any atom is -0.497 e. The van der Waals surface area contributed by atoms with Gasteiger partial charge < -0.3 is 4.74 Å².